The highest BCUT2D eigenvalue weighted by atomic mass is 19.1. The van der Waals surface area contributed by atoms with Gasteiger partial charge in [-0.05, 0) is 38.2 Å². The van der Waals surface area contributed by atoms with Gasteiger partial charge in [-0.3, -0.25) is 0 Å². The van der Waals surface area contributed by atoms with Crippen molar-refractivity contribution < 1.29 is 4.39 Å². The molecule has 0 aromatic heterocycles. The molecule has 1 rings (SSSR count). The Bertz CT molecular complexity index is 201. The highest BCUT2D eigenvalue weighted by Crippen LogP contribution is 2.33. The van der Waals surface area contributed by atoms with E-state index in [0.717, 1.165) is 24.0 Å². The van der Waals surface area contributed by atoms with Crippen molar-refractivity contribution in [3.8, 4) is 0 Å². The number of allylic oxidation sites excluding steroid dienone is 3. The van der Waals surface area contributed by atoms with Gasteiger partial charge in [-0.15, -0.1) is 0 Å². The van der Waals surface area contributed by atoms with E-state index in [1.54, 1.807) is 0 Å². The molecule has 0 saturated heterocycles. The molecule has 0 fully saturated rings. The largest absolute Gasteiger partial charge is 0.212 e. The van der Waals surface area contributed by atoms with Gasteiger partial charge >= 0.3 is 0 Å². The fourth-order valence-corrected chi connectivity index (χ4v) is 1.44. The van der Waals surface area contributed by atoms with Gasteiger partial charge in [0.2, 0.25) is 0 Å². The van der Waals surface area contributed by atoms with E-state index >= 15 is 0 Å². The van der Waals surface area contributed by atoms with Crippen molar-refractivity contribution in [2.45, 2.75) is 33.1 Å². The SMILES string of the molecule is C=C(C)C1CCC(C)=C(F)C1. The maximum atomic E-state index is 13.0. The van der Waals surface area contributed by atoms with Gasteiger partial charge in [-0.25, -0.2) is 4.39 Å². The van der Waals surface area contributed by atoms with Crippen LogP contribution in [0.25, 0.3) is 0 Å². The lowest BCUT2D eigenvalue weighted by atomic mass is 9.85. The van der Waals surface area contributed by atoms with E-state index in [0.29, 0.717) is 12.3 Å². The van der Waals surface area contributed by atoms with Crippen LogP contribution in [0.3, 0.4) is 0 Å². The number of hydrogen-bond donors (Lipinski definition) is 0. The molecule has 0 N–H and O–H groups in total. The maximum Gasteiger partial charge on any atom is 0.0994 e. The van der Waals surface area contributed by atoms with Crippen LogP contribution in [-0.2, 0) is 0 Å². The fraction of sp³-hybridized carbons (Fsp3) is 0.600. The van der Waals surface area contributed by atoms with Gasteiger partial charge in [-0.1, -0.05) is 12.2 Å². The van der Waals surface area contributed by atoms with Crippen LogP contribution in [0.15, 0.2) is 23.6 Å². The molecule has 0 nitrogen and oxygen atoms in total. The van der Waals surface area contributed by atoms with E-state index in [2.05, 4.69) is 6.58 Å². The van der Waals surface area contributed by atoms with Crippen LogP contribution in [-0.4, -0.2) is 0 Å². The zero-order valence-electron chi connectivity index (χ0n) is 7.28. The highest BCUT2D eigenvalue weighted by molar-refractivity contribution is 5.14. The molecular weight excluding hydrogens is 139 g/mol. The van der Waals surface area contributed by atoms with Gasteiger partial charge in [0.15, 0.2) is 0 Å². The van der Waals surface area contributed by atoms with E-state index in [1.807, 2.05) is 13.8 Å². The molecule has 1 atom stereocenters. The smallest absolute Gasteiger partial charge is 0.0994 e. The molecular formula is C10H15F. The number of rotatable bonds is 1. The second-order valence-corrected chi connectivity index (χ2v) is 3.47. The van der Waals surface area contributed by atoms with Crippen LogP contribution in [0, 0.1) is 5.92 Å². The Morgan fingerprint density at radius 1 is 1.64 bits per heavy atom. The third-order valence-electron chi connectivity index (χ3n) is 2.45. The van der Waals surface area contributed by atoms with Crippen molar-refractivity contribution >= 4 is 0 Å². The minimum absolute atomic E-state index is 0.0873. The van der Waals surface area contributed by atoms with Crippen LogP contribution >= 0.6 is 0 Å². The van der Waals surface area contributed by atoms with Gasteiger partial charge in [-0.2, -0.15) is 0 Å². The lowest BCUT2D eigenvalue weighted by molar-refractivity contribution is 0.439. The molecule has 0 saturated carbocycles. The van der Waals surface area contributed by atoms with Crippen molar-refractivity contribution in [1.29, 1.82) is 0 Å². The summed E-state index contributed by atoms with van der Waals surface area (Å²) in [5, 5.41) is 0. The molecule has 62 valence electrons. The Hall–Kier alpha value is -0.590. The van der Waals surface area contributed by atoms with Crippen LogP contribution in [0.4, 0.5) is 4.39 Å². The summed E-state index contributed by atoms with van der Waals surface area (Å²) in [5.41, 5.74) is 2.05. The van der Waals surface area contributed by atoms with E-state index in [9.17, 15) is 4.39 Å². The molecule has 1 aliphatic carbocycles. The van der Waals surface area contributed by atoms with Gasteiger partial charge < -0.3 is 0 Å². The normalized spacial score (nSPS) is 25.5. The van der Waals surface area contributed by atoms with Crippen molar-refractivity contribution in [3.63, 3.8) is 0 Å². The molecule has 1 unspecified atom stereocenters. The van der Waals surface area contributed by atoms with Crippen molar-refractivity contribution in [2.24, 2.45) is 5.92 Å². The third kappa shape index (κ3) is 1.92. The predicted molar refractivity (Wildman–Crippen MR) is 46.0 cm³/mol. The summed E-state index contributed by atoms with van der Waals surface area (Å²) in [4.78, 5) is 0. The molecule has 1 aliphatic rings. The zero-order valence-corrected chi connectivity index (χ0v) is 7.28. The molecule has 0 aliphatic heterocycles. The van der Waals surface area contributed by atoms with Gasteiger partial charge in [0.05, 0.1) is 5.83 Å². The first-order valence-corrected chi connectivity index (χ1v) is 4.10. The molecule has 0 radical (unpaired) electrons. The molecule has 0 spiro atoms. The fourth-order valence-electron chi connectivity index (χ4n) is 1.44. The molecule has 11 heavy (non-hydrogen) atoms. The van der Waals surface area contributed by atoms with E-state index in [1.165, 1.54) is 0 Å². The van der Waals surface area contributed by atoms with Gasteiger partial charge in [0.1, 0.15) is 0 Å². The molecule has 0 bridgehead atoms. The van der Waals surface area contributed by atoms with Crippen LogP contribution < -0.4 is 0 Å². The summed E-state index contributed by atoms with van der Waals surface area (Å²) in [7, 11) is 0. The first-order chi connectivity index (χ1) is 5.11. The maximum absolute atomic E-state index is 13.0. The first kappa shape index (κ1) is 8.51. The Morgan fingerprint density at radius 3 is 2.73 bits per heavy atom. The summed E-state index contributed by atoms with van der Waals surface area (Å²) < 4.78 is 13.0. The first-order valence-electron chi connectivity index (χ1n) is 4.10. The predicted octanol–water partition coefficient (Wildman–Crippen LogP) is 3.61. The minimum atomic E-state index is 0.0873. The summed E-state index contributed by atoms with van der Waals surface area (Å²) in [6.07, 6.45) is 2.57. The number of halogens is 1. The molecule has 1 heteroatoms. The topological polar surface area (TPSA) is 0 Å². The lowest BCUT2D eigenvalue weighted by Crippen LogP contribution is -2.08. The molecule has 0 aromatic rings. The van der Waals surface area contributed by atoms with E-state index in [4.69, 9.17) is 0 Å². The Labute approximate surface area is 67.8 Å². The Kier molecular flexibility index (Phi) is 2.48. The summed E-state index contributed by atoms with van der Waals surface area (Å²) in [6, 6.07) is 0. The second kappa shape index (κ2) is 3.21. The van der Waals surface area contributed by atoms with E-state index < -0.39 is 0 Å². The van der Waals surface area contributed by atoms with Crippen LogP contribution in [0.5, 0.6) is 0 Å². The average Bonchev–Trinajstić information content (AvgIpc) is 1.94. The summed E-state index contributed by atoms with van der Waals surface area (Å²) >= 11 is 0. The minimum Gasteiger partial charge on any atom is -0.212 e. The summed E-state index contributed by atoms with van der Waals surface area (Å²) in [6.45, 7) is 7.71. The molecule has 0 heterocycles. The summed E-state index contributed by atoms with van der Waals surface area (Å²) in [5.74, 6) is 0.475. The van der Waals surface area contributed by atoms with Crippen LogP contribution in [0.2, 0.25) is 0 Å². The lowest BCUT2D eigenvalue weighted by Gasteiger charge is -2.21. The molecule has 0 amide bonds. The zero-order chi connectivity index (χ0) is 8.43. The van der Waals surface area contributed by atoms with Gasteiger partial charge in [0, 0.05) is 6.42 Å². The van der Waals surface area contributed by atoms with Crippen molar-refractivity contribution in [2.75, 3.05) is 0 Å². The van der Waals surface area contributed by atoms with Crippen molar-refractivity contribution in [3.05, 3.63) is 23.6 Å². The highest BCUT2D eigenvalue weighted by Gasteiger charge is 2.18. The van der Waals surface area contributed by atoms with Crippen molar-refractivity contribution in [1.82, 2.24) is 0 Å². The monoisotopic (exact) mass is 154 g/mol. The third-order valence-corrected chi connectivity index (χ3v) is 2.45. The average molecular weight is 154 g/mol. The number of hydrogen-bond acceptors (Lipinski definition) is 0. The Morgan fingerprint density at radius 2 is 2.27 bits per heavy atom. The quantitative estimate of drug-likeness (QED) is 0.506. The molecule has 0 aromatic carbocycles. The van der Waals surface area contributed by atoms with E-state index in [-0.39, 0.29) is 5.83 Å². The van der Waals surface area contributed by atoms with Crippen LogP contribution in [0.1, 0.15) is 33.1 Å². The Balaban J connectivity index is 2.64. The van der Waals surface area contributed by atoms with Gasteiger partial charge in [0.25, 0.3) is 0 Å². The second-order valence-electron chi connectivity index (χ2n) is 3.47. The standard InChI is InChI=1S/C10H15F/c1-7(2)9-5-4-8(3)10(11)6-9/h9H,1,4-6H2,2-3H3.